The zero-order valence-corrected chi connectivity index (χ0v) is 13.7. The van der Waals surface area contributed by atoms with Crippen LogP contribution in [0.15, 0.2) is 21.7 Å². The number of thiazole rings is 1. The Hall–Kier alpha value is -0.760. The van der Waals surface area contributed by atoms with Crippen molar-refractivity contribution in [1.82, 2.24) is 9.29 Å². The van der Waals surface area contributed by atoms with Gasteiger partial charge in [-0.25, -0.2) is 13.4 Å². The quantitative estimate of drug-likeness (QED) is 0.868. The number of aromatic nitrogens is 1. The van der Waals surface area contributed by atoms with Gasteiger partial charge >= 0.3 is 0 Å². The van der Waals surface area contributed by atoms with E-state index >= 15 is 0 Å². The number of hydrogen-bond acceptors (Lipinski definition) is 5. The van der Waals surface area contributed by atoms with E-state index in [2.05, 4.69) is 4.98 Å². The first-order valence-electron chi connectivity index (χ1n) is 6.60. The molecule has 1 aliphatic heterocycles. The predicted molar refractivity (Wildman–Crippen MR) is 82.8 cm³/mol. The van der Waals surface area contributed by atoms with Crippen LogP contribution in [0.3, 0.4) is 0 Å². The second-order valence-corrected chi connectivity index (χ2v) is 9.15. The zero-order valence-electron chi connectivity index (χ0n) is 11.2. The van der Waals surface area contributed by atoms with Gasteiger partial charge in [-0.05, 0) is 31.9 Å². The molecule has 0 radical (unpaired) electrons. The van der Waals surface area contributed by atoms with Crippen LogP contribution in [0.4, 0.5) is 0 Å². The molecule has 1 saturated heterocycles. The predicted octanol–water partition coefficient (Wildman–Crippen LogP) is 3.35. The van der Waals surface area contributed by atoms with Crippen molar-refractivity contribution < 1.29 is 8.42 Å². The van der Waals surface area contributed by atoms with Gasteiger partial charge in [-0.3, -0.25) is 0 Å². The molecule has 2 aromatic heterocycles. The van der Waals surface area contributed by atoms with Gasteiger partial charge in [0.25, 0.3) is 10.0 Å². The fourth-order valence-corrected chi connectivity index (χ4v) is 5.93. The number of piperidine rings is 1. The molecule has 108 valence electrons. The summed E-state index contributed by atoms with van der Waals surface area (Å²) >= 11 is 2.89. The molecule has 0 bridgehead atoms. The van der Waals surface area contributed by atoms with Crippen molar-refractivity contribution in [2.24, 2.45) is 0 Å². The largest absolute Gasteiger partial charge is 0.252 e. The van der Waals surface area contributed by atoms with E-state index in [0.29, 0.717) is 17.3 Å². The van der Waals surface area contributed by atoms with E-state index in [-0.39, 0.29) is 0 Å². The SMILES string of the molecule is Cc1nc(-c2ccc(S(=O)(=O)N3CCCCC3)s2)cs1. The van der Waals surface area contributed by atoms with Crippen LogP contribution in [-0.2, 0) is 10.0 Å². The van der Waals surface area contributed by atoms with E-state index in [0.717, 1.165) is 34.8 Å². The molecule has 0 unspecified atom stereocenters. The van der Waals surface area contributed by atoms with Crippen molar-refractivity contribution in [3.8, 4) is 10.6 Å². The summed E-state index contributed by atoms with van der Waals surface area (Å²) < 4.78 is 27.2. The van der Waals surface area contributed by atoms with Gasteiger partial charge < -0.3 is 0 Å². The second kappa shape index (κ2) is 5.55. The fourth-order valence-electron chi connectivity index (χ4n) is 2.31. The molecule has 0 N–H and O–H groups in total. The van der Waals surface area contributed by atoms with E-state index < -0.39 is 10.0 Å². The van der Waals surface area contributed by atoms with Crippen LogP contribution in [-0.4, -0.2) is 30.8 Å². The van der Waals surface area contributed by atoms with Gasteiger partial charge in [-0.15, -0.1) is 22.7 Å². The minimum absolute atomic E-state index is 0.431. The lowest BCUT2D eigenvalue weighted by Crippen LogP contribution is -2.35. The Labute approximate surface area is 127 Å². The molecule has 7 heteroatoms. The maximum Gasteiger partial charge on any atom is 0.252 e. The lowest BCUT2D eigenvalue weighted by Gasteiger charge is -2.25. The maximum absolute atomic E-state index is 12.6. The van der Waals surface area contributed by atoms with Crippen molar-refractivity contribution in [3.63, 3.8) is 0 Å². The van der Waals surface area contributed by atoms with Gasteiger partial charge in [0.15, 0.2) is 0 Å². The summed E-state index contributed by atoms with van der Waals surface area (Å²) in [5.74, 6) is 0. The summed E-state index contributed by atoms with van der Waals surface area (Å²) in [6.45, 7) is 3.24. The average Bonchev–Trinajstić information content (AvgIpc) is 3.08. The van der Waals surface area contributed by atoms with Crippen LogP contribution in [0.2, 0.25) is 0 Å². The van der Waals surface area contributed by atoms with E-state index in [1.807, 2.05) is 18.4 Å². The highest BCUT2D eigenvalue weighted by molar-refractivity contribution is 7.91. The Balaban J connectivity index is 1.89. The van der Waals surface area contributed by atoms with Gasteiger partial charge in [0.1, 0.15) is 4.21 Å². The number of thiophene rings is 1. The summed E-state index contributed by atoms with van der Waals surface area (Å²) in [7, 11) is -3.31. The minimum Gasteiger partial charge on any atom is -0.241 e. The van der Waals surface area contributed by atoms with Crippen molar-refractivity contribution in [2.75, 3.05) is 13.1 Å². The van der Waals surface area contributed by atoms with Crippen LogP contribution in [0, 0.1) is 6.92 Å². The molecule has 0 amide bonds. The summed E-state index contributed by atoms with van der Waals surface area (Å²) in [6.07, 6.45) is 3.05. The smallest absolute Gasteiger partial charge is 0.241 e. The van der Waals surface area contributed by atoms with E-state index in [4.69, 9.17) is 0 Å². The molecule has 0 aliphatic carbocycles. The fraction of sp³-hybridized carbons (Fsp3) is 0.462. The molecule has 1 aliphatic rings. The molecule has 4 nitrogen and oxygen atoms in total. The van der Waals surface area contributed by atoms with Gasteiger partial charge in [0, 0.05) is 18.5 Å². The first-order chi connectivity index (χ1) is 9.57. The highest BCUT2D eigenvalue weighted by Crippen LogP contribution is 2.33. The molecule has 2 aromatic rings. The topological polar surface area (TPSA) is 50.3 Å². The molecule has 0 spiro atoms. The minimum atomic E-state index is -3.31. The Morgan fingerprint density at radius 1 is 1.20 bits per heavy atom. The monoisotopic (exact) mass is 328 g/mol. The van der Waals surface area contributed by atoms with Gasteiger partial charge in [0.2, 0.25) is 0 Å². The molecule has 0 aromatic carbocycles. The number of rotatable bonds is 3. The van der Waals surface area contributed by atoms with Gasteiger partial charge in [0.05, 0.1) is 15.6 Å². The summed E-state index contributed by atoms with van der Waals surface area (Å²) in [4.78, 5) is 5.33. The molecule has 3 rings (SSSR count). The van der Waals surface area contributed by atoms with Crippen LogP contribution in [0.5, 0.6) is 0 Å². The van der Waals surface area contributed by atoms with Crippen molar-refractivity contribution in [1.29, 1.82) is 0 Å². The first-order valence-corrected chi connectivity index (χ1v) is 9.73. The third-order valence-corrected chi connectivity index (χ3v) is 7.61. The summed E-state index contributed by atoms with van der Waals surface area (Å²) in [5, 5.41) is 2.96. The Morgan fingerprint density at radius 2 is 1.95 bits per heavy atom. The number of nitrogens with zero attached hydrogens (tertiary/aromatic N) is 2. The van der Waals surface area contributed by atoms with E-state index in [1.54, 1.807) is 21.7 Å². The maximum atomic E-state index is 12.6. The third kappa shape index (κ3) is 2.67. The lowest BCUT2D eigenvalue weighted by atomic mass is 10.2. The van der Waals surface area contributed by atoms with Crippen LogP contribution < -0.4 is 0 Å². The molecule has 3 heterocycles. The van der Waals surface area contributed by atoms with Crippen LogP contribution in [0.1, 0.15) is 24.3 Å². The average molecular weight is 328 g/mol. The van der Waals surface area contributed by atoms with Crippen LogP contribution in [0.25, 0.3) is 10.6 Å². The number of aryl methyl sites for hydroxylation is 1. The van der Waals surface area contributed by atoms with E-state index in [1.165, 1.54) is 11.3 Å². The Bertz CT molecular complexity index is 697. The second-order valence-electron chi connectivity index (χ2n) is 4.84. The highest BCUT2D eigenvalue weighted by atomic mass is 32.2. The van der Waals surface area contributed by atoms with Gasteiger partial charge in [-0.1, -0.05) is 6.42 Å². The normalized spacial score (nSPS) is 17.4. The van der Waals surface area contributed by atoms with Crippen molar-refractivity contribution in [3.05, 3.63) is 22.5 Å². The molecule has 20 heavy (non-hydrogen) atoms. The molecular weight excluding hydrogens is 312 g/mol. The molecule has 0 atom stereocenters. The van der Waals surface area contributed by atoms with Crippen molar-refractivity contribution in [2.45, 2.75) is 30.4 Å². The summed E-state index contributed by atoms with van der Waals surface area (Å²) in [5.41, 5.74) is 0.873. The molecule has 1 fully saturated rings. The highest BCUT2D eigenvalue weighted by Gasteiger charge is 2.27. The summed E-state index contributed by atoms with van der Waals surface area (Å²) in [6, 6.07) is 3.56. The first kappa shape index (κ1) is 14.2. The Morgan fingerprint density at radius 3 is 2.60 bits per heavy atom. The van der Waals surface area contributed by atoms with E-state index in [9.17, 15) is 8.42 Å². The number of sulfonamides is 1. The lowest BCUT2D eigenvalue weighted by molar-refractivity contribution is 0.347. The Kier molecular flexibility index (Phi) is 3.94. The third-order valence-electron chi connectivity index (χ3n) is 3.36. The molecule has 0 saturated carbocycles. The number of hydrogen-bond donors (Lipinski definition) is 0. The van der Waals surface area contributed by atoms with Crippen LogP contribution >= 0.6 is 22.7 Å². The standard InChI is InChI=1S/C13H16N2O2S3/c1-10-14-11(9-18-10)12-5-6-13(19-12)20(16,17)15-7-3-2-4-8-15/h5-6,9H,2-4,7-8H2,1H3. The van der Waals surface area contributed by atoms with Crippen molar-refractivity contribution >= 4 is 32.7 Å². The molecular formula is C13H16N2O2S3. The van der Waals surface area contributed by atoms with Gasteiger partial charge in [-0.2, -0.15) is 4.31 Å². The zero-order chi connectivity index (χ0) is 14.2.